The Kier molecular flexibility index (Phi) is 3.02. The lowest BCUT2D eigenvalue weighted by molar-refractivity contribution is 0.586. The van der Waals surface area contributed by atoms with Crippen molar-refractivity contribution in [1.82, 2.24) is 0 Å². The van der Waals surface area contributed by atoms with E-state index in [0.29, 0.717) is 0 Å². The molecule has 1 rings (SSSR count). The fourth-order valence-electron chi connectivity index (χ4n) is 0.782. The first-order valence-electron chi connectivity index (χ1n) is 3.21. The standard InChI is InChI=1S/C8H5F2NS/c9-7-1-2-8(10)6(3-7)4-11-5-12/h1-3H,4H2. The van der Waals surface area contributed by atoms with E-state index in [1.807, 2.05) is 0 Å². The smallest absolute Gasteiger partial charge is 0.128 e. The van der Waals surface area contributed by atoms with Gasteiger partial charge in [-0.1, -0.05) is 0 Å². The van der Waals surface area contributed by atoms with Crippen molar-refractivity contribution >= 4 is 17.4 Å². The van der Waals surface area contributed by atoms with Crippen LogP contribution in [0.3, 0.4) is 0 Å². The number of aliphatic imine (C=N–C) groups is 1. The average Bonchev–Trinajstić information content (AvgIpc) is 2.07. The van der Waals surface area contributed by atoms with Crippen molar-refractivity contribution in [2.24, 2.45) is 4.99 Å². The molecule has 62 valence electrons. The van der Waals surface area contributed by atoms with Crippen LogP contribution in [0.25, 0.3) is 0 Å². The van der Waals surface area contributed by atoms with Gasteiger partial charge in [0.05, 0.1) is 11.7 Å². The second-order valence-electron chi connectivity index (χ2n) is 2.14. The zero-order chi connectivity index (χ0) is 8.97. The number of nitrogens with zero attached hydrogens (tertiary/aromatic N) is 1. The van der Waals surface area contributed by atoms with E-state index in [0.717, 1.165) is 18.2 Å². The minimum Gasteiger partial charge on any atom is -0.228 e. The van der Waals surface area contributed by atoms with Gasteiger partial charge in [-0.3, -0.25) is 0 Å². The number of thiocarbonyl (C=S) groups is 1. The largest absolute Gasteiger partial charge is 0.228 e. The van der Waals surface area contributed by atoms with Gasteiger partial charge in [-0.25, -0.2) is 13.8 Å². The molecule has 0 radical (unpaired) electrons. The van der Waals surface area contributed by atoms with E-state index in [1.54, 1.807) is 0 Å². The maximum atomic E-state index is 12.8. The fraction of sp³-hybridized carbons (Fsp3) is 0.125. The van der Waals surface area contributed by atoms with Crippen LogP contribution in [0, 0.1) is 11.6 Å². The molecule has 0 spiro atoms. The summed E-state index contributed by atoms with van der Waals surface area (Å²) < 4.78 is 25.3. The third-order valence-electron chi connectivity index (χ3n) is 1.32. The fourth-order valence-corrected chi connectivity index (χ4v) is 0.846. The monoisotopic (exact) mass is 185 g/mol. The first-order chi connectivity index (χ1) is 5.74. The Labute approximate surface area is 73.7 Å². The van der Waals surface area contributed by atoms with Crippen LogP contribution >= 0.6 is 12.2 Å². The second kappa shape index (κ2) is 4.04. The molecule has 0 atom stereocenters. The normalized spacial score (nSPS) is 9.17. The van der Waals surface area contributed by atoms with E-state index in [-0.39, 0.29) is 12.1 Å². The Bertz CT molecular complexity index is 332. The van der Waals surface area contributed by atoms with Crippen LogP contribution in [0.5, 0.6) is 0 Å². The van der Waals surface area contributed by atoms with E-state index in [4.69, 9.17) is 0 Å². The summed E-state index contributed by atoms with van der Waals surface area (Å²) in [5.41, 5.74) is 0.187. The predicted molar refractivity (Wildman–Crippen MR) is 45.1 cm³/mol. The molecular weight excluding hydrogens is 180 g/mol. The van der Waals surface area contributed by atoms with Crippen molar-refractivity contribution in [1.29, 1.82) is 0 Å². The minimum absolute atomic E-state index is 0.0348. The molecule has 0 saturated carbocycles. The summed E-state index contributed by atoms with van der Waals surface area (Å²) in [4.78, 5) is 3.50. The maximum Gasteiger partial charge on any atom is 0.128 e. The van der Waals surface area contributed by atoms with E-state index in [9.17, 15) is 8.78 Å². The Morgan fingerprint density at radius 2 is 2.17 bits per heavy atom. The molecule has 0 amide bonds. The summed E-state index contributed by atoms with van der Waals surface area (Å²) in [5, 5.41) is 2.08. The van der Waals surface area contributed by atoms with Gasteiger partial charge < -0.3 is 0 Å². The van der Waals surface area contributed by atoms with Crippen LogP contribution in [0.15, 0.2) is 23.2 Å². The molecule has 0 fully saturated rings. The lowest BCUT2D eigenvalue weighted by Crippen LogP contribution is -1.89. The Hall–Kier alpha value is -1.12. The van der Waals surface area contributed by atoms with E-state index < -0.39 is 11.6 Å². The molecule has 1 nitrogen and oxygen atoms in total. The number of hydrogen-bond acceptors (Lipinski definition) is 2. The van der Waals surface area contributed by atoms with E-state index in [2.05, 4.69) is 22.4 Å². The maximum absolute atomic E-state index is 12.8. The van der Waals surface area contributed by atoms with Crippen molar-refractivity contribution in [3.63, 3.8) is 0 Å². The van der Waals surface area contributed by atoms with E-state index in [1.165, 1.54) is 0 Å². The highest BCUT2D eigenvalue weighted by Gasteiger charge is 2.01. The highest BCUT2D eigenvalue weighted by atomic mass is 32.1. The van der Waals surface area contributed by atoms with Crippen molar-refractivity contribution in [3.05, 3.63) is 35.4 Å². The lowest BCUT2D eigenvalue weighted by atomic mass is 10.2. The molecule has 0 aliphatic heterocycles. The number of hydrogen-bond donors (Lipinski definition) is 0. The van der Waals surface area contributed by atoms with Gasteiger partial charge in [0.25, 0.3) is 0 Å². The second-order valence-corrected chi connectivity index (χ2v) is 2.33. The van der Waals surface area contributed by atoms with Crippen LogP contribution in [-0.4, -0.2) is 5.16 Å². The first kappa shape index (κ1) is 8.97. The van der Waals surface area contributed by atoms with Gasteiger partial charge in [-0.05, 0) is 30.4 Å². The summed E-state index contributed by atoms with van der Waals surface area (Å²) in [6.45, 7) is 0.0348. The number of rotatable bonds is 2. The van der Waals surface area contributed by atoms with Crippen LogP contribution in [0.4, 0.5) is 8.78 Å². The molecule has 12 heavy (non-hydrogen) atoms. The molecule has 0 aliphatic carbocycles. The summed E-state index contributed by atoms with van der Waals surface area (Å²) >= 11 is 4.29. The van der Waals surface area contributed by atoms with Crippen molar-refractivity contribution in [3.8, 4) is 0 Å². The van der Waals surface area contributed by atoms with Gasteiger partial charge in [-0.15, -0.1) is 0 Å². The highest BCUT2D eigenvalue weighted by Crippen LogP contribution is 2.10. The molecule has 1 aromatic carbocycles. The molecule has 4 heteroatoms. The summed E-state index contributed by atoms with van der Waals surface area (Å²) in [6, 6.07) is 3.20. The van der Waals surface area contributed by atoms with Gasteiger partial charge in [-0.2, -0.15) is 0 Å². The van der Waals surface area contributed by atoms with Gasteiger partial charge in [0, 0.05) is 5.56 Å². The summed E-state index contributed by atoms with van der Waals surface area (Å²) in [6.07, 6.45) is 0. The molecule has 0 unspecified atom stereocenters. The first-order valence-corrected chi connectivity index (χ1v) is 3.62. The third-order valence-corrected chi connectivity index (χ3v) is 1.45. The molecule has 0 bridgehead atoms. The Balaban J connectivity index is 2.96. The van der Waals surface area contributed by atoms with Crippen LogP contribution in [0.1, 0.15) is 5.56 Å². The average molecular weight is 185 g/mol. The van der Waals surface area contributed by atoms with Crippen molar-refractivity contribution in [2.75, 3.05) is 0 Å². The van der Waals surface area contributed by atoms with Crippen LogP contribution in [0.2, 0.25) is 0 Å². The Morgan fingerprint density at radius 3 is 2.83 bits per heavy atom. The molecule has 1 aromatic rings. The third kappa shape index (κ3) is 2.19. The molecular formula is C8H5F2NS. The topological polar surface area (TPSA) is 12.4 Å². The summed E-state index contributed by atoms with van der Waals surface area (Å²) in [5.74, 6) is -0.962. The molecule has 0 heterocycles. The summed E-state index contributed by atoms with van der Waals surface area (Å²) in [7, 11) is 0. The zero-order valence-electron chi connectivity index (χ0n) is 6.05. The number of halogens is 2. The van der Waals surface area contributed by atoms with Crippen molar-refractivity contribution in [2.45, 2.75) is 6.54 Å². The SMILES string of the molecule is Fc1ccc(F)c(CN=C=S)c1. The predicted octanol–water partition coefficient (Wildman–Crippen LogP) is 2.57. The van der Waals surface area contributed by atoms with Gasteiger partial charge in [0.1, 0.15) is 11.6 Å². The molecule has 0 aliphatic rings. The van der Waals surface area contributed by atoms with Gasteiger partial charge in [0.15, 0.2) is 0 Å². The van der Waals surface area contributed by atoms with Gasteiger partial charge >= 0.3 is 0 Å². The highest BCUT2D eigenvalue weighted by molar-refractivity contribution is 7.78. The number of benzene rings is 1. The molecule has 0 aromatic heterocycles. The quantitative estimate of drug-likeness (QED) is 0.509. The zero-order valence-corrected chi connectivity index (χ0v) is 6.87. The Morgan fingerprint density at radius 1 is 1.42 bits per heavy atom. The van der Waals surface area contributed by atoms with Crippen molar-refractivity contribution < 1.29 is 8.78 Å². The van der Waals surface area contributed by atoms with E-state index >= 15 is 0 Å². The lowest BCUT2D eigenvalue weighted by Gasteiger charge is -1.97. The van der Waals surface area contributed by atoms with Gasteiger partial charge in [0.2, 0.25) is 0 Å². The number of isothiocyanates is 1. The van der Waals surface area contributed by atoms with Crippen LogP contribution in [-0.2, 0) is 6.54 Å². The van der Waals surface area contributed by atoms with Crippen LogP contribution < -0.4 is 0 Å². The minimum atomic E-state index is -0.481. The molecule has 0 N–H and O–H groups in total. The molecule has 0 saturated heterocycles.